The summed E-state index contributed by atoms with van der Waals surface area (Å²) in [7, 11) is 0. The monoisotopic (exact) mass is 324 g/mol. The summed E-state index contributed by atoms with van der Waals surface area (Å²) in [5.74, 6) is 0.626. The summed E-state index contributed by atoms with van der Waals surface area (Å²) in [6.45, 7) is 0. The standard InChI is InChI=1S/C22H16N2O/c1-3-8-17(9-4-1)10-7-15-23-19-13-14-21-20(16-19)24-22(25-21)18-11-5-2-6-12-18/h1-16H/b10-7+,23-15?. The van der Waals surface area contributed by atoms with Gasteiger partial charge in [0.25, 0.3) is 0 Å². The van der Waals surface area contributed by atoms with Crippen LogP contribution in [0.25, 0.3) is 28.6 Å². The molecule has 0 aliphatic rings. The number of benzene rings is 3. The van der Waals surface area contributed by atoms with E-state index in [9.17, 15) is 0 Å². The molecule has 1 aromatic heterocycles. The molecule has 1 heterocycles. The molecule has 0 saturated carbocycles. The maximum absolute atomic E-state index is 5.82. The molecule has 0 radical (unpaired) electrons. The van der Waals surface area contributed by atoms with Crippen LogP contribution in [0.5, 0.6) is 0 Å². The Hall–Kier alpha value is -3.46. The lowest BCUT2D eigenvalue weighted by molar-refractivity contribution is 0.620. The quantitative estimate of drug-likeness (QED) is 0.438. The summed E-state index contributed by atoms with van der Waals surface area (Å²) in [4.78, 5) is 9.02. The van der Waals surface area contributed by atoms with Gasteiger partial charge in [-0.05, 0) is 42.0 Å². The first kappa shape index (κ1) is 15.1. The fourth-order valence-electron chi connectivity index (χ4n) is 2.55. The van der Waals surface area contributed by atoms with Gasteiger partial charge in [0.1, 0.15) is 5.52 Å². The summed E-state index contributed by atoms with van der Waals surface area (Å²) >= 11 is 0. The van der Waals surface area contributed by atoms with Crippen molar-refractivity contribution in [3.05, 3.63) is 90.5 Å². The van der Waals surface area contributed by atoms with Gasteiger partial charge in [-0.25, -0.2) is 4.98 Å². The summed E-state index contributed by atoms with van der Waals surface area (Å²) in [5, 5.41) is 0. The number of rotatable bonds is 4. The maximum Gasteiger partial charge on any atom is 0.227 e. The predicted molar refractivity (Wildman–Crippen MR) is 103 cm³/mol. The molecule has 3 aromatic carbocycles. The Morgan fingerprint density at radius 1 is 0.840 bits per heavy atom. The van der Waals surface area contributed by atoms with E-state index < -0.39 is 0 Å². The molecule has 120 valence electrons. The number of hydrogen-bond donors (Lipinski definition) is 0. The Bertz CT molecular complexity index is 1030. The van der Waals surface area contributed by atoms with Crippen molar-refractivity contribution in [3.8, 4) is 11.5 Å². The third-order valence-electron chi connectivity index (χ3n) is 3.79. The van der Waals surface area contributed by atoms with Gasteiger partial charge in [-0.1, -0.05) is 54.6 Å². The molecular formula is C22H16N2O. The normalized spacial score (nSPS) is 11.7. The highest BCUT2D eigenvalue weighted by molar-refractivity contribution is 5.83. The van der Waals surface area contributed by atoms with Crippen LogP contribution in [-0.2, 0) is 0 Å². The van der Waals surface area contributed by atoms with Gasteiger partial charge < -0.3 is 4.42 Å². The number of fused-ring (bicyclic) bond motifs is 1. The van der Waals surface area contributed by atoms with Crippen molar-refractivity contribution in [2.24, 2.45) is 4.99 Å². The largest absolute Gasteiger partial charge is 0.436 e. The third kappa shape index (κ3) is 3.56. The van der Waals surface area contributed by atoms with Crippen LogP contribution < -0.4 is 0 Å². The fraction of sp³-hybridized carbons (Fsp3) is 0. The van der Waals surface area contributed by atoms with E-state index in [-0.39, 0.29) is 0 Å². The average molecular weight is 324 g/mol. The topological polar surface area (TPSA) is 38.4 Å². The second-order valence-corrected chi connectivity index (χ2v) is 5.59. The second kappa shape index (κ2) is 6.97. The number of allylic oxidation sites excluding steroid dienone is 1. The van der Waals surface area contributed by atoms with Gasteiger partial charge in [0.05, 0.1) is 5.69 Å². The van der Waals surface area contributed by atoms with E-state index in [2.05, 4.69) is 22.1 Å². The lowest BCUT2D eigenvalue weighted by atomic mass is 10.2. The van der Waals surface area contributed by atoms with Crippen LogP contribution in [0.15, 0.2) is 94.3 Å². The van der Waals surface area contributed by atoms with Crippen molar-refractivity contribution in [2.45, 2.75) is 0 Å². The molecule has 0 amide bonds. The molecule has 0 atom stereocenters. The van der Waals surface area contributed by atoms with Crippen molar-refractivity contribution in [2.75, 3.05) is 0 Å². The Morgan fingerprint density at radius 2 is 1.60 bits per heavy atom. The molecule has 4 aromatic rings. The highest BCUT2D eigenvalue weighted by Crippen LogP contribution is 2.26. The number of oxazole rings is 1. The van der Waals surface area contributed by atoms with Crippen molar-refractivity contribution in [1.82, 2.24) is 4.98 Å². The smallest absolute Gasteiger partial charge is 0.227 e. The molecule has 0 N–H and O–H groups in total. The predicted octanol–water partition coefficient (Wildman–Crippen LogP) is 5.91. The van der Waals surface area contributed by atoms with E-state index in [1.807, 2.05) is 78.9 Å². The number of aromatic nitrogens is 1. The Balaban J connectivity index is 1.55. The van der Waals surface area contributed by atoms with Crippen LogP contribution >= 0.6 is 0 Å². The van der Waals surface area contributed by atoms with Crippen LogP contribution in [0, 0.1) is 0 Å². The van der Waals surface area contributed by atoms with Gasteiger partial charge in [-0.3, -0.25) is 4.99 Å². The molecule has 0 unspecified atom stereocenters. The average Bonchev–Trinajstić information content (AvgIpc) is 3.10. The van der Waals surface area contributed by atoms with Crippen LogP contribution in [0.2, 0.25) is 0 Å². The minimum atomic E-state index is 0.626. The van der Waals surface area contributed by atoms with Crippen LogP contribution in [0.4, 0.5) is 5.69 Å². The van der Waals surface area contributed by atoms with Gasteiger partial charge in [0.15, 0.2) is 5.58 Å². The highest BCUT2D eigenvalue weighted by Gasteiger charge is 2.07. The SMILES string of the molecule is C(/C=C/c1ccccc1)=Nc1ccc2oc(-c3ccccc3)nc2c1. The van der Waals surface area contributed by atoms with E-state index >= 15 is 0 Å². The zero-order valence-corrected chi connectivity index (χ0v) is 13.5. The minimum absolute atomic E-state index is 0.626. The molecule has 3 nitrogen and oxygen atoms in total. The third-order valence-corrected chi connectivity index (χ3v) is 3.79. The Labute approximate surface area is 146 Å². The van der Waals surface area contributed by atoms with Crippen LogP contribution in [-0.4, -0.2) is 11.2 Å². The van der Waals surface area contributed by atoms with E-state index in [1.54, 1.807) is 6.21 Å². The number of nitrogens with zero attached hydrogens (tertiary/aromatic N) is 2. The molecule has 3 heteroatoms. The zero-order chi connectivity index (χ0) is 16.9. The lowest BCUT2D eigenvalue weighted by Gasteiger charge is -1.91. The molecule has 4 rings (SSSR count). The van der Waals surface area contributed by atoms with Gasteiger partial charge in [0, 0.05) is 11.8 Å². The van der Waals surface area contributed by atoms with Gasteiger partial charge in [0.2, 0.25) is 5.89 Å². The van der Waals surface area contributed by atoms with Crippen molar-refractivity contribution in [3.63, 3.8) is 0 Å². The van der Waals surface area contributed by atoms with E-state index in [4.69, 9.17) is 4.42 Å². The first-order chi connectivity index (χ1) is 12.4. The Kier molecular flexibility index (Phi) is 4.21. The lowest BCUT2D eigenvalue weighted by Crippen LogP contribution is -1.74. The summed E-state index contributed by atoms with van der Waals surface area (Å²) in [6, 6.07) is 25.8. The molecule has 0 spiro atoms. The van der Waals surface area contributed by atoms with Crippen LogP contribution in [0.1, 0.15) is 5.56 Å². The molecule has 0 bridgehead atoms. The molecular weight excluding hydrogens is 308 g/mol. The highest BCUT2D eigenvalue weighted by atomic mass is 16.3. The summed E-state index contributed by atoms with van der Waals surface area (Å²) in [6.07, 6.45) is 5.73. The molecule has 0 aliphatic heterocycles. The molecule has 0 fully saturated rings. The van der Waals surface area contributed by atoms with Crippen LogP contribution in [0.3, 0.4) is 0 Å². The van der Waals surface area contributed by atoms with Crippen molar-refractivity contribution < 1.29 is 4.42 Å². The van der Waals surface area contributed by atoms with Crippen molar-refractivity contribution >= 4 is 29.1 Å². The molecule has 25 heavy (non-hydrogen) atoms. The maximum atomic E-state index is 5.82. The van der Waals surface area contributed by atoms with Gasteiger partial charge in [-0.15, -0.1) is 0 Å². The van der Waals surface area contributed by atoms with Gasteiger partial charge in [-0.2, -0.15) is 0 Å². The number of hydrogen-bond acceptors (Lipinski definition) is 3. The first-order valence-corrected chi connectivity index (χ1v) is 8.10. The van der Waals surface area contributed by atoms with Gasteiger partial charge >= 0.3 is 0 Å². The summed E-state index contributed by atoms with van der Waals surface area (Å²) in [5.41, 5.74) is 4.53. The first-order valence-electron chi connectivity index (χ1n) is 8.10. The zero-order valence-electron chi connectivity index (χ0n) is 13.5. The molecule has 0 aliphatic carbocycles. The number of aliphatic imine (C=N–C) groups is 1. The fourth-order valence-corrected chi connectivity index (χ4v) is 2.55. The molecule has 0 saturated heterocycles. The minimum Gasteiger partial charge on any atom is -0.436 e. The second-order valence-electron chi connectivity index (χ2n) is 5.59. The van der Waals surface area contributed by atoms with Crippen molar-refractivity contribution in [1.29, 1.82) is 0 Å². The van der Waals surface area contributed by atoms with E-state index in [1.165, 1.54) is 0 Å². The van der Waals surface area contributed by atoms with E-state index in [0.717, 1.165) is 27.9 Å². The Morgan fingerprint density at radius 3 is 2.40 bits per heavy atom. The summed E-state index contributed by atoms with van der Waals surface area (Å²) < 4.78 is 5.82. The van der Waals surface area contributed by atoms with E-state index in [0.29, 0.717) is 5.89 Å².